The molecule has 0 radical (unpaired) electrons. The van der Waals surface area contributed by atoms with Gasteiger partial charge in [-0.3, -0.25) is 19.3 Å². The fraction of sp³-hybridized carbons (Fsp3) is 0.381. The van der Waals surface area contributed by atoms with Gasteiger partial charge in [-0.05, 0) is 30.5 Å². The Morgan fingerprint density at radius 2 is 1.97 bits per heavy atom. The highest BCUT2D eigenvalue weighted by Gasteiger charge is 2.37. The molecule has 3 heterocycles. The largest absolute Gasteiger partial charge is 0.395 e. The maximum Gasteiger partial charge on any atom is 0.257 e. The van der Waals surface area contributed by atoms with Gasteiger partial charge < -0.3 is 14.9 Å². The number of benzene rings is 1. The lowest BCUT2D eigenvalue weighted by Crippen LogP contribution is -2.39. The Labute approximate surface area is 173 Å². The van der Waals surface area contributed by atoms with Crippen molar-refractivity contribution < 1.29 is 19.5 Å². The Bertz CT molecular complexity index is 1000. The van der Waals surface area contributed by atoms with E-state index in [9.17, 15) is 19.5 Å². The molecular weight excluding hydrogens is 390 g/mol. The zero-order valence-corrected chi connectivity index (χ0v) is 17.3. The molecule has 0 saturated heterocycles. The van der Waals surface area contributed by atoms with Crippen LogP contribution in [0.5, 0.6) is 0 Å². The third-order valence-corrected chi connectivity index (χ3v) is 6.74. The molecule has 4 rings (SSSR count). The summed E-state index contributed by atoms with van der Waals surface area (Å²) in [6.45, 7) is 2.82. The number of aliphatic hydroxyl groups is 1. The lowest BCUT2D eigenvalue weighted by Gasteiger charge is -2.28. The molecule has 152 valence electrons. The number of rotatable bonds is 3. The molecule has 0 unspecified atom stereocenters. The molecule has 0 atom stereocenters. The Kier molecular flexibility index (Phi) is 5.14. The Morgan fingerprint density at radius 3 is 2.69 bits per heavy atom. The predicted molar refractivity (Wildman–Crippen MR) is 110 cm³/mol. The van der Waals surface area contributed by atoms with Crippen LogP contribution in [0.25, 0.3) is 0 Å². The molecule has 1 aromatic heterocycles. The Balaban J connectivity index is 1.71. The van der Waals surface area contributed by atoms with Gasteiger partial charge in [-0.2, -0.15) is 0 Å². The molecule has 2 aromatic rings. The maximum absolute atomic E-state index is 13.0. The van der Waals surface area contributed by atoms with Gasteiger partial charge in [-0.1, -0.05) is 18.2 Å². The van der Waals surface area contributed by atoms with Gasteiger partial charge in [-0.25, -0.2) is 0 Å². The number of thiophene rings is 1. The second-order valence-corrected chi connectivity index (χ2v) is 8.49. The summed E-state index contributed by atoms with van der Waals surface area (Å²) in [5.41, 5.74) is 3.09. The zero-order chi connectivity index (χ0) is 20.7. The second-order valence-electron chi connectivity index (χ2n) is 7.41. The summed E-state index contributed by atoms with van der Waals surface area (Å²) in [5, 5.41) is 10.0. The molecular formula is C21H23N3O4S. The number of likely N-dealkylation sites (N-methyl/N-ethyl adjacent to an activating group) is 1. The van der Waals surface area contributed by atoms with Crippen LogP contribution in [0.4, 0.5) is 5.00 Å². The zero-order valence-electron chi connectivity index (χ0n) is 16.5. The Morgan fingerprint density at radius 1 is 1.21 bits per heavy atom. The fourth-order valence-corrected chi connectivity index (χ4v) is 5.34. The first-order valence-electron chi connectivity index (χ1n) is 9.58. The van der Waals surface area contributed by atoms with Gasteiger partial charge >= 0.3 is 0 Å². The molecule has 1 aromatic carbocycles. The van der Waals surface area contributed by atoms with Gasteiger partial charge in [-0.15, -0.1) is 11.3 Å². The van der Waals surface area contributed by atoms with Crippen molar-refractivity contribution in [1.29, 1.82) is 0 Å². The highest BCUT2D eigenvalue weighted by molar-refractivity contribution is 7.17. The lowest BCUT2D eigenvalue weighted by molar-refractivity contribution is -0.119. The lowest BCUT2D eigenvalue weighted by atomic mass is 10.0. The minimum absolute atomic E-state index is 0.00704. The topological polar surface area (TPSA) is 81.2 Å². The van der Waals surface area contributed by atoms with Crippen molar-refractivity contribution in [3.8, 4) is 0 Å². The molecule has 0 aliphatic carbocycles. The number of amides is 3. The third-order valence-electron chi connectivity index (χ3n) is 5.50. The van der Waals surface area contributed by atoms with Crippen molar-refractivity contribution in [3.05, 3.63) is 51.4 Å². The van der Waals surface area contributed by atoms with Gasteiger partial charge in [0.1, 0.15) is 11.5 Å². The second kappa shape index (κ2) is 7.61. The number of fused-ring (bicyclic) bond motifs is 3. The SMILES string of the molecule is Cc1ccccc1C(=O)N1CCc2c(sc3c2C(=O)N(C)CC(=O)N3CCO)C1. The number of carbonyl (C=O) groups excluding carboxylic acids is 3. The van der Waals surface area contributed by atoms with E-state index in [0.717, 1.165) is 16.0 Å². The number of carbonyl (C=O) groups is 3. The van der Waals surface area contributed by atoms with Crippen molar-refractivity contribution in [2.75, 3.05) is 38.2 Å². The van der Waals surface area contributed by atoms with Gasteiger partial charge in [0.25, 0.3) is 11.8 Å². The summed E-state index contributed by atoms with van der Waals surface area (Å²) in [6.07, 6.45) is 0.569. The van der Waals surface area contributed by atoms with Crippen LogP contribution in [0.1, 0.15) is 36.7 Å². The van der Waals surface area contributed by atoms with Crippen molar-refractivity contribution in [3.63, 3.8) is 0 Å². The first-order valence-corrected chi connectivity index (χ1v) is 10.4. The van der Waals surface area contributed by atoms with Gasteiger partial charge in [0, 0.05) is 30.6 Å². The summed E-state index contributed by atoms with van der Waals surface area (Å²) in [5.74, 6) is -0.408. The minimum atomic E-state index is -0.208. The number of β-amino-alcohol motifs (C(OH)–C–C–N with tert-alkyl or cyclic N) is 1. The minimum Gasteiger partial charge on any atom is -0.395 e. The van der Waals surface area contributed by atoms with E-state index in [-0.39, 0.29) is 37.4 Å². The average molecular weight is 413 g/mol. The summed E-state index contributed by atoms with van der Waals surface area (Å²) < 4.78 is 0. The van der Waals surface area contributed by atoms with E-state index in [1.165, 1.54) is 21.1 Å². The fourth-order valence-electron chi connectivity index (χ4n) is 3.95. The van der Waals surface area contributed by atoms with Crippen molar-refractivity contribution >= 4 is 34.1 Å². The van der Waals surface area contributed by atoms with Crippen molar-refractivity contribution in [2.24, 2.45) is 0 Å². The molecule has 0 spiro atoms. The van der Waals surface area contributed by atoms with E-state index in [1.54, 1.807) is 11.9 Å². The van der Waals surface area contributed by atoms with Crippen LogP contribution < -0.4 is 4.90 Å². The van der Waals surface area contributed by atoms with Crippen molar-refractivity contribution in [1.82, 2.24) is 9.80 Å². The molecule has 8 heteroatoms. The number of aliphatic hydroxyl groups excluding tert-OH is 1. The smallest absolute Gasteiger partial charge is 0.257 e. The normalized spacial score (nSPS) is 16.6. The molecule has 0 saturated carbocycles. The number of anilines is 1. The van der Waals surface area contributed by atoms with Gasteiger partial charge in [0.15, 0.2) is 0 Å². The highest BCUT2D eigenvalue weighted by Crippen LogP contribution is 2.41. The molecule has 2 aliphatic rings. The highest BCUT2D eigenvalue weighted by atomic mass is 32.1. The number of hydrogen-bond donors (Lipinski definition) is 1. The van der Waals surface area contributed by atoms with Crippen LogP contribution in [0, 0.1) is 6.92 Å². The van der Waals surface area contributed by atoms with Crippen LogP contribution in [0.3, 0.4) is 0 Å². The van der Waals surface area contributed by atoms with Crippen LogP contribution in [0.2, 0.25) is 0 Å². The standard InChI is InChI=1S/C21H23N3O4S/c1-13-5-3-4-6-14(13)19(27)23-8-7-15-16(11-23)29-21-18(15)20(28)22(2)12-17(26)24(21)9-10-25/h3-6,25H,7-12H2,1-2H3. The van der Waals surface area contributed by atoms with Crippen LogP contribution in [-0.4, -0.2) is 65.9 Å². The van der Waals surface area contributed by atoms with Crippen molar-refractivity contribution in [2.45, 2.75) is 19.9 Å². The van der Waals surface area contributed by atoms with E-state index in [2.05, 4.69) is 0 Å². The number of aryl methyl sites for hydroxylation is 1. The quantitative estimate of drug-likeness (QED) is 0.830. The first-order chi connectivity index (χ1) is 13.9. The molecule has 2 aliphatic heterocycles. The number of hydrogen-bond acceptors (Lipinski definition) is 5. The Hall–Kier alpha value is -2.71. The van der Waals surface area contributed by atoms with Crippen LogP contribution >= 0.6 is 11.3 Å². The van der Waals surface area contributed by atoms with E-state index >= 15 is 0 Å². The summed E-state index contributed by atoms with van der Waals surface area (Å²) in [7, 11) is 1.62. The van der Waals surface area contributed by atoms with E-state index in [0.29, 0.717) is 35.6 Å². The van der Waals surface area contributed by atoms with Gasteiger partial charge in [0.05, 0.1) is 18.7 Å². The number of nitrogens with zero attached hydrogens (tertiary/aromatic N) is 3. The monoisotopic (exact) mass is 413 g/mol. The van der Waals surface area contributed by atoms with Crippen LogP contribution in [0.15, 0.2) is 24.3 Å². The molecule has 1 N–H and O–H groups in total. The first kappa shape index (κ1) is 19.6. The summed E-state index contributed by atoms with van der Waals surface area (Å²) in [4.78, 5) is 44.2. The summed E-state index contributed by atoms with van der Waals surface area (Å²) >= 11 is 1.38. The maximum atomic E-state index is 13.0. The summed E-state index contributed by atoms with van der Waals surface area (Å²) in [6, 6.07) is 7.52. The van der Waals surface area contributed by atoms with Crippen LogP contribution in [-0.2, 0) is 17.8 Å². The predicted octanol–water partition coefficient (Wildman–Crippen LogP) is 1.67. The molecule has 29 heavy (non-hydrogen) atoms. The molecule has 7 nitrogen and oxygen atoms in total. The van der Waals surface area contributed by atoms with E-state index in [4.69, 9.17) is 0 Å². The van der Waals surface area contributed by atoms with Gasteiger partial charge in [0.2, 0.25) is 5.91 Å². The average Bonchev–Trinajstić information content (AvgIpc) is 3.05. The molecule has 0 bridgehead atoms. The molecule has 0 fully saturated rings. The van der Waals surface area contributed by atoms with E-state index < -0.39 is 0 Å². The van der Waals surface area contributed by atoms with E-state index in [1.807, 2.05) is 31.2 Å². The molecule has 3 amide bonds. The third kappa shape index (κ3) is 3.32.